The zero-order valence-electron chi connectivity index (χ0n) is 34.1. The molecular formula is C55H35F7N2. The van der Waals surface area contributed by atoms with E-state index in [9.17, 15) is 30.7 Å². The van der Waals surface area contributed by atoms with Gasteiger partial charge in [0.05, 0.1) is 11.1 Å². The van der Waals surface area contributed by atoms with Crippen LogP contribution in [0, 0.1) is 12.7 Å². The van der Waals surface area contributed by atoms with E-state index in [1.807, 2.05) is 61.5 Å². The van der Waals surface area contributed by atoms with Gasteiger partial charge in [-0.3, -0.25) is 0 Å². The fourth-order valence-electron chi connectivity index (χ4n) is 9.66. The summed E-state index contributed by atoms with van der Waals surface area (Å²) in [6.45, 7) is 2.88. The number of hydrogen-bond donors (Lipinski definition) is 0. The maximum absolute atomic E-state index is 14.4. The molecule has 0 radical (unpaired) electrons. The van der Waals surface area contributed by atoms with Crippen LogP contribution in [0.2, 0.25) is 0 Å². The van der Waals surface area contributed by atoms with E-state index in [1.165, 1.54) is 18.2 Å². The Hall–Kier alpha value is -7.39. The lowest BCUT2D eigenvalue weighted by Crippen LogP contribution is -2.05. The monoisotopic (exact) mass is 856 g/mol. The smallest absolute Gasteiger partial charge is 0.336 e. The van der Waals surface area contributed by atoms with E-state index in [-0.39, 0.29) is 23.1 Å². The second kappa shape index (κ2) is 14.6. The van der Waals surface area contributed by atoms with Gasteiger partial charge in [-0.05, 0) is 129 Å². The van der Waals surface area contributed by atoms with Crippen LogP contribution >= 0.6 is 0 Å². The van der Waals surface area contributed by atoms with Crippen molar-refractivity contribution in [3.05, 3.63) is 203 Å². The van der Waals surface area contributed by atoms with Crippen LogP contribution in [0.3, 0.4) is 0 Å². The number of aromatic nitrogens is 2. The number of benzene rings is 9. The van der Waals surface area contributed by atoms with E-state index in [0.29, 0.717) is 17.6 Å². The molecular weight excluding hydrogens is 822 g/mol. The summed E-state index contributed by atoms with van der Waals surface area (Å²) in [5.74, 6) is -0.262. The van der Waals surface area contributed by atoms with E-state index in [4.69, 9.17) is 0 Å². The maximum Gasteiger partial charge on any atom is 0.416 e. The van der Waals surface area contributed by atoms with E-state index in [1.54, 1.807) is 10.6 Å². The third-order valence-electron chi connectivity index (χ3n) is 12.6. The largest absolute Gasteiger partial charge is 0.416 e. The molecule has 0 amide bonds. The Bertz CT molecular complexity index is 3460. The number of alkyl halides is 6. The molecule has 9 heteroatoms. The van der Waals surface area contributed by atoms with Crippen molar-refractivity contribution in [3.8, 4) is 22.3 Å². The standard InChI is InChI=1S/C55H35F7N2/c1-32-10-22-48-44(26-32)47-29-39(56)21-25-51(47)63(48)30-33-11-15-35(16-12-33)52-40-6-2-4-8-42(40)53(43-9-5-3-7-41(43)52)36-17-13-34(14-18-36)31-64-49-23-19-37(54(57,58)59)27-45(49)46-28-38(55(60,61)62)20-24-50(46)64/h2-29H,30-31H2,1H3. The lowest BCUT2D eigenvalue weighted by Gasteiger charge is -2.18. The average Bonchev–Trinajstić information content (AvgIpc) is 3.75. The molecule has 64 heavy (non-hydrogen) atoms. The summed E-state index contributed by atoms with van der Waals surface area (Å²) in [6, 6.07) is 51.0. The summed E-state index contributed by atoms with van der Waals surface area (Å²) < 4.78 is 101. The average molecular weight is 857 g/mol. The van der Waals surface area contributed by atoms with Crippen molar-refractivity contribution in [2.45, 2.75) is 32.4 Å². The van der Waals surface area contributed by atoms with Crippen molar-refractivity contribution >= 4 is 65.2 Å². The van der Waals surface area contributed by atoms with Gasteiger partial charge in [0.2, 0.25) is 0 Å². The first-order valence-electron chi connectivity index (χ1n) is 20.8. The highest BCUT2D eigenvalue weighted by molar-refractivity contribution is 6.21. The highest BCUT2D eigenvalue weighted by Gasteiger charge is 2.33. The van der Waals surface area contributed by atoms with Crippen LogP contribution < -0.4 is 0 Å². The van der Waals surface area contributed by atoms with Gasteiger partial charge < -0.3 is 9.13 Å². The highest BCUT2D eigenvalue weighted by atomic mass is 19.4. The SMILES string of the molecule is Cc1ccc2c(c1)c1cc(F)ccc1n2Cc1ccc(-c2c3ccccc3c(-c3ccc(Cn4c5ccc(C(F)(F)F)cc5c5cc(C(F)(F)F)ccc54)cc3)c3ccccc23)cc1. The number of halogens is 7. The van der Waals surface area contributed by atoms with Crippen molar-refractivity contribution in [2.75, 3.05) is 0 Å². The Morgan fingerprint density at radius 1 is 0.375 bits per heavy atom. The van der Waals surface area contributed by atoms with Crippen LogP contribution in [0.1, 0.15) is 27.8 Å². The molecule has 2 nitrogen and oxygen atoms in total. The van der Waals surface area contributed by atoms with Crippen LogP contribution in [0.15, 0.2) is 170 Å². The summed E-state index contributed by atoms with van der Waals surface area (Å²) in [7, 11) is 0. The summed E-state index contributed by atoms with van der Waals surface area (Å²) in [6.07, 6.45) is -9.31. The highest BCUT2D eigenvalue weighted by Crippen LogP contribution is 2.45. The van der Waals surface area contributed by atoms with Gasteiger partial charge in [-0.15, -0.1) is 0 Å². The van der Waals surface area contributed by atoms with Crippen LogP contribution in [0.4, 0.5) is 30.7 Å². The predicted molar refractivity (Wildman–Crippen MR) is 244 cm³/mol. The number of fused-ring (bicyclic) bond motifs is 8. The van der Waals surface area contributed by atoms with Crippen LogP contribution in [0.25, 0.3) is 87.4 Å². The number of nitrogens with zero attached hydrogens (tertiary/aromatic N) is 2. The lowest BCUT2D eigenvalue weighted by molar-refractivity contribution is -0.138. The molecule has 0 N–H and O–H groups in total. The molecule has 11 rings (SSSR count). The normalized spacial score (nSPS) is 12.5. The Balaban J connectivity index is 0.968. The van der Waals surface area contributed by atoms with Gasteiger partial charge in [-0.25, -0.2) is 4.39 Å². The molecule has 0 fully saturated rings. The van der Waals surface area contributed by atoms with E-state index < -0.39 is 23.5 Å². The summed E-state index contributed by atoms with van der Waals surface area (Å²) in [5.41, 5.74) is 8.23. The van der Waals surface area contributed by atoms with Crippen molar-refractivity contribution in [1.82, 2.24) is 9.13 Å². The fourth-order valence-corrected chi connectivity index (χ4v) is 9.66. The first-order valence-corrected chi connectivity index (χ1v) is 20.8. The minimum Gasteiger partial charge on any atom is -0.336 e. The molecule has 0 aliphatic carbocycles. The molecule has 0 aliphatic heterocycles. The van der Waals surface area contributed by atoms with Gasteiger partial charge in [-0.2, -0.15) is 26.3 Å². The Labute approximate surface area is 362 Å². The van der Waals surface area contributed by atoms with Crippen molar-refractivity contribution in [1.29, 1.82) is 0 Å². The zero-order chi connectivity index (χ0) is 44.1. The van der Waals surface area contributed by atoms with Crippen LogP contribution in [0.5, 0.6) is 0 Å². The third kappa shape index (κ3) is 6.57. The van der Waals surface area contributed by atoms with Crippen LogP contribution in [-0.4, -0.2) is 9.13 Å². The van der Waals surface area contributed by atoms with E-state index in [2.05, 4.69) is 71.3 Å². The van der Waals surface area contributed by atoms with E-state index in [0.717, 1.165) is 107 Å². The van der Waals surface area contributed by atoms with Crippen molar-refractivity contribution < 1.29 is 30.7 Å². The Morgan fingerprint density at radius 3 is 1.14 bits per heavy atom. The second-order valence-corrected chi connectivity index (χ2v) is 16.5. The van der Waals surface area contributed by atoms with Gasteiger partial charge >= 0.3 is 12.4 Å². The molecule has 0 unspecified atom stereocenters. The van der Waals surface area contributed by atoms with Crippen LogP contribution in [-0.2, 0) is 25.4 Å². The van der Waals surface area contributed by atoms with Crippen molar-refractivity contribution in [3.63, 3.8) is 0 Å². The van der Waals surface area contributed by atoms with E-state index >= 15 is 0 Å². The predicted octanol–water partition coefficient (Wildman–Crippen LogP) is 16.1. The molecule has 0 bridgehead atoms. The van der Waals surface area contributed by atoms with Gasteiger partial charge in [0.1, 0.15) is 5.82 Å². The molecule has 0 saturated carbocycles. The maximum atomic E-state index is 14.4. The zero-order valence-corrected chi connectivity index (χ0v) is 34.1. The molecule has 2 heterocycles. The fraction of sp³-hybridized carbons (Fsp3) is 0.0909. The van der Waals surface area contributed by atoms with Gasteiger partial charge in [0.15, 0.2) is 0 Å². The molecule has 0 saturated heterocycles. The Morgan fingerprint density at radius 2 is 0.734 bits per heavy atom. The summed E-state index contributed by atoms with van der Waals surface area (Å²) in [4.78, 5) is 0. The molecule has 314 valence electrons. The number of rotatable bonds is 6. The molecule has 0 aliphatic rings. The molecule has 0 atom stereocenters. The molecule has 11 aromatic rings. The third-order valence-corrected chi connectivity index (χ3v) is 12.6. The first-order chi connectivity index (χ1) is 30.8. The number of hydrogen-bond acceptors (Lipinski definition) is 0. The molecule has 0 spiro atoms. The second-order valence-electron chi connectivity index (χ2n) is 16.5. The Kier molecular flexibility index (Phi) is 9.00. The summed E-state index contributed by atoms with van der Waals surface area (Å²) in [5, 5.41) is 6.41. The number of aryl methyl sites for hydroxylation is 1. The van der Waals surface area contributed by atoms with Crippen molar-refractivity contribution in [2.24, 2.45) is 0 Å². The topological polar surface area (TPSA) is 9.86 Å². The summed E-state index contributed by atoms with van der Waals surface area (Å²) >= 11 is 0. The minimum absolute atomic E-state index is 0.108. The quantitative estimate of drug-likeness (QED) is 0.116. The lowest BCUT2D eigenvalue weighted by atomic mass is 9.85. The first kappa shape index (κ1) is 39.5. The molecule has 9 aromatic carbocycles. The van der Waals surface area contributed by atoms with Gasteiger partial charge in [-0.1, -0.05) is 109 Å². The molecule has 2 aromatic heterocycles. The minimum atomic E-state index is -4.66. The van der Waals surface area contributed by atoms with Gasteiger partial charge in [0.25, 0.3) is 0 Å². The van der Waals surface area contributed by atoms with Gasteiger partial charge in [0, 0.05) is 56.7 Å².